The van der Waals surface area contributed by atoms with E-state index in [9.17, 15) is 4.79 Å². The van der Waals surface area contributed by atoms with Gasteiger partial charge in [0.2, 0.25) is 0 Å². The van der Waals surface area contributed by atoms with Crippen LogP contribution in [0.3, 0.4) is 0 Å². The number of rotatable bonds is 3. The topological polar surface area (TPSA) is 54.5 Å². The molecule has 1 N–H and O–H groups in total. The van der Waals surface area contributed by atoms with E-state index < -0.39 is 0 Å². The summed E-state index contributed by atoms with van der Waals surface area (Å²) >= 11 is 1.63. The van der Waals surface area contributed by atoms with E-state index in [2.05, 4.69) is 10.3 Å². The van der Waals surface area contributed by atoms with Crippen LogP contribution in [-0.4, -0.2) is 48.6 Å². The number of thiazole rings is 1. The number of fused-ring (bicyclic) bond motifs is 1. The van der Waals surface area contributed by atoms with Gasteiger partial charge in [0.1, 0.15) is 11.1 Å². The molecule has 0 bridgehead atoms. The molecule has 0 aliphatic carbocycles. The van der Waals surface area contributed by atoms with E-state index in [4.69, 9.17) is 4.74 Å². The van der Waals surface area contributed by atoms with Gasteiger partial charge in [-0.2, -0.15) is 0 Å². The number of hydrogen-bond acceptors (Lipinski definition) is 5. The maximum absolute atomic E-state index is 12.3. The van der Waals surface area contributed by atoms with E-state index in [0.717, 1.165) is 21.8 Å². The first-order chi connectivity index (χ1) is 9.74. The number of carbonyl (C=O) groups excluding carboxylic acids is 1. The van der Waals surface area contributed by atoms with Crippen LogP contribution in [0, 0.1) is 0 Å². The van der Waals surface area contributed by atoms with Crippen molar-refractivity contribution >= 4 is 52.3 Å². The Morgan fingerprint density at radius 1 is 1.45 bits per heavy atom. The Morgan fingerprint density at radius 2 is 2.23 bits per heavy atom. The number of carbonyl (C=O) groups is 1. The van der Waals surface area contributed by atoms with E-state index in [-0.39, 0.29) is 36.8 Å². The van der Waals surface area contributed by atoms with Gasteiger partial charge in [0, 0.05) is 20.1 Å². The van der Waals surface area contributed by atoms with Crippen molar-refractivity contribution in [2.45, 2.75) is 12.6 Å². The van der Waals surface area contributed by atoms with Crippen LogP contribution in [0.1, 0.15) is 5.01 Å². The Balaban J connectivity index is 0.00000121. The molecule has 2 aromatic rings. The van der Waals surface area contributed by atoms with Gasteiger partial charge < -0.3 is 15.0 Å². The second-order valence-corrected chi connectivity index (χ2v) is 5.95. The number of amides is 1. The van der Waals surface area contributed by atoms with Gasteiger partial charge in [0.25, 0.3) is 5.91 Å². The van der Waals surface area contributed by atoms with Crippen LogP contribution in [0.2, 0.25) is 0 Å². The quantitative estimate of drug-likeness (QED) is 0.906. The highest BCUT2D eigenvalue weighted by molar-refractivity contribution is 7.18. The van der Waals surface area contributed by atoms with Crippen LogP contribution in [0.25, 0.3) is 10.2 Å². The Morgan fingerprint density at radius 3 is 2.91 bits per heavy atom. The maximum Gasteiger partial charge on any atom is 0.253 e. The second kappa shape index (κ2) is 8.64. The molecule has 0 saturated carbocycles. The molecule has 122 valence electrons. The minimum atomic E-state index is -0.372. The largest absolute Gasteiger partial charge is 0.366 e. The molecule has 1 aliphatic rings. The zero-order valence-electron chi connectivity index (χ0n) is 12.2. The summed E-state index contributed by atoms with van der Waals surface area (Å²) in [6.45, 7) is 2.51. The molecule has 1 aliphatic heterocycles. The van der Waals surface area contributed by atoms with Crippen LogP contribution in [-0.2, 0) is 16.1 Å². The zero-order valence-corrected chi connectivity index (χ0v) is 14.6. The highest BCUT2D eigenvalue weighted by atomic mass is 35.5. The third-order valence-corrected chi connectivity index (χ3v) is 4.31. The minimum absolute atomic E-state index is 0. The van der Waals surface area contributed by atoms with Crippen LogP contribution < -0.4 is 5.32 Å². The van der Waals surface area contributed by atoms with Crippen molar-refractivity contribution in [3.8, 4) is 0 Å². The van der Waals surface area contributed by atoms with E-state index >= 15 is 0 Å². The van der Waals surface area contributed by atoms with Gasteiger partial charge in [0.15, 0.2) is 0 Å². The number of likely N-dealkylation sites (N-methyl/N-ethyl adjacent to an activating group) is 1. The molecule has 2 heterocycles. The number of halogens is 2. The zero-order chi connectivity index (χ0) is 13.9. The minimum Gasteiger partial charge on any atom is -0.366 e. The lowest BCUT2D eigenvalue weighted by Gasteiger charge is -2.26. The first-order valence-electron chi connectivity index (χ1n) is 6.66. The monoisotopic (exact) mass is 363 g/mol. The third kappa shape index (κ3) is 4.30. The normalized spacial score (nSPS) is 17.4. The van der Waals surface area contributed by atoms with Crippen molar-refractivity contribution in [2.75, 3.05) is 26.7 Å². The molecule has 1 aromatic carbocycles. The second-order valence-electron chi connectivity index (χ2n) is 4.83. The van der Waals surface area contributed by atoms with Crippen LogP contribution in [0.5, 0.6) is 0 Å². The smallest absolute Gasteiger partial charge is 0.253 e. The molecule has 22 heavy (non-hydrogen) atoms. The molecule has 1 saturated heterocycles. The summed E-state index contributed by atoms with van der Waals surface area (Å²) in [7, 11) is 1.80. The number of hydrogen-bond donors (Lipinski definition) is 1. The van der Waals surface area contributed by atoms with Gasteiger partial charge in [-0.25, -0.2) is 4.98 Å². The number of aromatic nitrogens is 1. The Kier molecular flexibility index (Phi) is 7.52. The summed E-state index contributed by atoms with van der Waals surface area (Å²) < 4.78 is 6.64. The molecule has 1 aromatic heterocycles. The number of morpholine rings is 1. The molecule has 0 radical (unpaired) electrons. The van der Waals surface area contributed by atoms with Crippen LogP contribution in [0.4, 0.5) is 0 Å². The van der Waals surface area contributed by atoms with Gasteiger partial charge in [0.05, 0.1) is 23.4 Å². The van der Waals surface area contributed by atoms with Crippen molar-refractivity contribution in [1.29, 1.82) is 0 Å². The molecule has 1 fully saturated rings. The third-order valence-electron chi connectivity index (χ3n) is 3.29. The predicted molar refractivity (Wildman–Crippen MR) is 93.2 cm³/mol. The first-order valence-corrected chi connectivity index (χ1v) is 7.47. The molecule has 1 amide bonds. The highest BCUT2D eigenvalue weighted by Gasteiger charge is 2.25. The first kappa shape index (κ1) is 19.1. The fourth-order valence-corrected chi connectivity index (χ4v) is 3.26. The lowest BCUT2D eigenvalue weighted by atomic mass is 10.2. The standard InChI is InChI=1S/C14H17N3O2S.2ClH/c1-17(14(18)11-8-15-6-7-19-11)9-13-16-10-4-2-3-5-12(10)20-13;;/h2-5,11,15H,6-9H2,1H3;2*1H. The highest BCUT2D eigenvalue weighted by Crippen LogP contribution is 2.22. The van der Waals surface area contributed by atoms with Crippen LogP contribution >= 0.6 is 36.2 Å². The Hall–Kier alpha value is -0.920. The van der Waals surface area contributed by atoms with Gasteiger partial charge in [-0.15, -0.1) is 36.2 Å². The fraction of sp³-hybridized carbons (Fsp3) is 0.429. The average Bonchev–Trinajstić information content (AvgIpc) is 2.89. The van der Waals surface area contributed by atoms with Crippen molar-refractivity contribution in [3.63, 3.8) is 0 Å². The van der Waals surface area contributed by atoms with Crippen LogP contribution in [0.15, 0.2) is 24.3 Å². The van der Waals surface area contributed by atoms with Gasteiger partial charge in [-0.3, -0.25) is 4.79 Å². The lowest BCUT2D eigenvalue weighted by Crippen LogP contribution is -2.48. The maximum atomic E-state index is 12.3. The summed E-state index contributed by atoms with van der Waals surface area (Å²) in [4.78, 5) is 18.5. The lowest BCUT2D eigenvalue weighted by molar-refractivity contribution is -0.144. The molecular weight excluding hydrogens is 345 g/mol. The average molecular weight is 364 g/mol. The number of ether oxygens (including phenoxy) is 1. The molecule has 3 rings (SSSR count). The summed E-state index contributed by atoms with van der Waals surface area (Å²) in [5.74, 6) is 0.0106. The summed E-state index contributed by atoms with van der Waals surface area (Å²) in [6.07, 6.45) is -0.372. The summed E-state index contributed by atoms with van der Waals surface area (Å²) in [5.41, 5.74) is 0.990. The summed E-state index contributed by atoms with van der Waals surface area (Å²) in [6, 6.07) is 8.01. The Bertz CT molecular complexity index is 584. The number of nitrogens with zero attached hydrogens (tertiary/aromatic N) is 2. The number of para-hydroxylation sites is 1. The fourth-order valence-electron chi connectivity index (χ4n) is 2.24. The molecular formula is C14H19Cl2N3O2S. The van der Waals surface area contributed by atoms with Crippen molar-refractivity contribution in [1.82, 2.24) is 15.2 Å². The number of nitrogens with one attached hydrogen (secondary N) is 1. The Labute approximate surface area is 145 Å². The SMILES string of the molecule is CN(Cc1nc2ccccc2s1)C(=O)C1CNCCO1.Cl.Cl. The van der Waals surface area contributed by atoms with E-state index in [1.165, 1.54) is 0 Å². The molecule has 1 unspecified atom stereocenters. The van der Waals surface area contributed by atoms with Crippen molar-refractivity contribution in [3.05, 3.63) is 29.3 Å². The molecule has 1 atom stereocenters. The van der Waals surface area contributed by atoms with E-state index in [0.29, 0.717) is 19.7 Å². The van der Waals surface area contributed by atoms with Crippen molar-refractivity contribution < 1.29 is 9.53 Å². The molecule has 5 nitrogen and oxygen atoms in total. The van der Waals surface area contributed by atoms with Gasteiger partial charge in [-0.05, 0) is 12.1 Å². The van der Waals surface area contributed by atoms with E-state index in [1.807, 2.05) is 24.3 Å². The summed E-state index contributed by atoms with van der Waals surface area (Å²) in [5, 5.41) is 4.12. The van der Waals surface area contributed by atoms with Gasteiger partial charge >= 0.3 is 0 Å². The van der Waals surface area contributed by atoms with E-state index in [1.54, 1.807) is 23.3 Å². The van der Waals surface area contributed by atoms with Crippen molar-refractivity contribution in [2.24, 2.45) is 0 Å². The number of benzene rings is 1. The van der Waals surface area contributed by atoms with Gasteiger partial charge in [-0.1, -0.05) is 12.1 Å². The molecule has 0 spiro atoms. The predicted octanol–water partition coefficient (Wildman–Crippen LogP) is 2.09. The molecule has 8 heteroatoms.